The zero-order chi connectivity index (χ0) is 14.5. The van der Waals surface area contributed by atoms with Crippen LogP contribution >= 0.6 is 11.3 Å². The average molecular weight is 298 g/mol. The molecule has 0 amide bonds. The number of aryl methyl sites for hydroxylation is 1. The first-order valence-electron chi connectivity index (χ1n) is 6.35. The van der Waals surface area contributed by atoms with Gasteiger partial charge in [0.15, 0.2) is 23.3 Å². The Balaban J connectivity index is 2.09. The molecule has 0 radical (unpaired) electrons. The molecule has 2 N–H and O–H groups in total. The number of thiazole rings is 1. The maximum Gasteiger partial charge on any atom is 0.168 e. The van der Waals surface area contributed by atoms with Gasteiger partial charge in [-0.2, -0.15) is 0 Å². The van der Waals surface area contributed by atoms with Crippen LogP contribution in [0.25, 0.3) is 0 Å². The summed E-state index contributed by atoms with van der Waals surface area (Å²) in [7, 11) is 0. The molecule has 4 nitrogen and oxygen atoms in total. The van der Waals surface area contributed by atoms with Gasteiger partial charge in [0.05, 0.1) is 11.6 Å². The fourth-order valence-electron chi connectivity index (χ4n) is 1.62. The molecule has 0 fully saturated rings. The lowest BCUT2D eigenvalue weighted by Crippen LogP contribution is -2.09. The minimum Gasteiger partial charge on any atom is -0.368 e. The lowest BCUT2D eigenvalue weighted by atomic mass is 10.3. The zero-order valence-electron chi connectivity index (χ0n) is 11.3. The Morgan fingerprint density at radius 2 is 1.90 bits per heavy atom. The van der Waals surface area contributed by atoms with E-state index in [9.17, 15) is 8.78 Å². The summed E-state index contributed by atoms with van der Waals surface area (Å²) in [5.74, 6) is -1.28. The van der Waals surface area contributed by atoms with Crippen molar-refractivity contribution in [3.05, 3.63) is 33.8 Å². The maximum atomic E-state index is 13.7. The third-order valence-electron chi connectivity index (χ3n) is 2.57. The van der Waals surface area contributed by atoms with Gasteiger partial charge in [-0.3, -0.25) is 0 Å². The standard InChI is InChI=1S/C13H16F2N4S/c1-3-4-16-12-10(14)5-11(15)13(19-12)18-7-9-6-17-8(2)20-9/h5-6H,3-4,7H2,1-2H3,(H2,16,18,19). The number of pyridine rings is 1. The van der Waals surface area contributed by atoms with E-state index in [1.165, 1.54) is 11.3 Å². The molecule has 20 heavy (non-hydrogen) atoms. The fraction of sp³-hybridized carbons (Fsp3) is 0.385. The van der Waals surface area contributed by atoms with Crippen LogP contribution in [0, 0.1) is 18.6 Å². The lowest BCUT2D eigenvalue weighted by Gasteiger charge is -2.10. The lowest BCUT2D eigenvalue weighted by molar-refractivity contribution is 0.578. The van der Waals surface area contributed by atoms with Gasteiger partial charge in [0, 0.05) is 23.7 Å². The summed E-state index contributed by atoms with van der Waals surface area (Å²) in [5, 5.41) is 6.64. The van der Waals surface area contributed by atoms with E-state index in [2.05, 4.69) is 20.6 Å². The second-order valence-corrected chi connectivity index (χ2v) is 5.59. The average Bonchev–Trinajstić information content (AvgIpc) is 2.82. The van der Waals surface area contributed by atoms with E-state index < -0.39 is 11.6 Å². The minimum absolute atomic E-state index is 0.0380. The number of aromatic nitrogens is 2. The van der Waals surface area contributed by atoms with Gasteiger partial charge in [0.1, 0.15) is 0 Å². The highest BCUT2D eigenvalue weighted by Gasteiger charge is 2.11. The van der Waals surface area contributed by atoms with Gasteiger partial charge in [-0.1, -0.05) is 6.92 Å². The van der Waals surface area contributed by atoms with Crippen LogP contribution < -0.4 is 10.6 Å². The Morgan fingerprint density at radius 3 is 2.50 bits per heavy atom. The van der Waals surface area contributed by atoms with Crippen molar-refractivity contribution in [2.45, 2.75) is 26.8 Å². The summed E-state index contributed by atoms with van der Waals surface area (Å²) < 4.78 is 27.2. The third kappa shape index (κ3) is 3.63. The Hall–Kier alpha value is -1.76. The van der Waals surface area contributed by atoms with E-state index >= 15 is 0 Å². The number of rotatable bonds is 6. The van der Waals surface area contributed by atoms with E-state index in [1.54, 1.807) is 6.20 Å². The molecule has 0 saturated carbocycles. The summed E-state index contributed by atoms with van der Waals surface area (Å²) in [6.07, 6.45) is 2.56. The van der Waals surface area contributed by atoms with Crippen molar-refractivity contribution in [1.29, 1.82) is 0 Å². The molecule has 2 aromatic heterocycles. The highest BCUT2D eigenvalue weighted by molar-refractivity contribution is 7.11. The summed E-state index contributed by atoms with van der Waals surface area (Å²) >= 11 is 1.52. The summed E-state index contributed by atoms with van der Waals surface area (Å²) in [6, 6.07) is 0.839. The number of anilines is 2. The molecule has 0 unspecified atom stereocenters. The van der Waals surface area contributed by atoms with Crippen LogP contribution in [-0.4, -0.2) is 16.5 Å². The van der Waals surface area contributed by atoms with Gasteiger partial charge >= 0.3 is 0 Å². The first kappa shape index (κ1) is 14.6. The second kappa shape index (κ2) is 6.60. The molecule has 108 valence electrons. The number of nitrogens with one attached hydrogen (secondary N) is 2. The Labute approximate surface area is 120 Å². The molecule has 0 aliphatic carbocycles. The van der Waals surface area contributed by atoms with Crippen molar-refractivity contribution in [3.8, 4) is 0 Å². The monoisotopic (exact) mass is 298 g/mol. The number of hydrogen-bond donors (Lipinski definition) is 2. The predicted octanol–water partition coefficient (Wildman–Crippen LogP) is 3.56. The molecule has 7 heteroatoms. The molecule has 2 heterocycles. The van der Waals surface area contributed by atoms with Crippen molar-refractivity contribution in [2.24, 2.45) is 0 Å². The van der Waals surface area contributed by atoms with E-state index in [1.807, 2.05) is 13.8 Å². The Morgan fingerprint density at radius 1 is 1.20 bits per heavy atom. The summed E-state index contributed by atoms with van der Waals surface area (Å²) in [4.78, 5) is 9.03. The molecular formula is C13H16F2N4S. The van der Waals surface area contributed by atoms with Crippen molar-refractivity contribution in [2.75, 3.05) is 17.2 Å². The van der Waals surface area contributed by atoms with Crippen molar-refractivity contribution in [1.82, 2.24) is 9.97 Å². The van der Waals surface area contributed by atoms with Crippen LogP contribution in [0.4, 0.5) is 20.4 Å². The first-order chi connectivity index (χ1) is 9.60. The third-order valence-corrected chi connectivity index (χ3v) is 3.48. The molecule has 0 aliphatic heterocycles. The molecular weight excluding hydrogens is 282 g/mol. The van der Waals surface area contributed by atoms with Gasteiger partial charge in [0.25, 0.3) is 0 Å². The highest BCUT2D eigenvalue weighted by atomic mass is 32.1. The molecule has 0 atom stereocenters. The van der Waals surface area contributed by atoms with Crippen molar-refractivity contribution >= 4 is 23.0 Å². The van der Waals surface area contributed by atoms with Gasteiger partial charge in [-0.15, -0.1) is 11.3 Å². The Bertz CT molecular complexity index is 586. The molecule has 0 spiro atoms. The molecule has 2 aromatic rings. The topological polar surface area (TPSA) is 49.8 Å². The number of halogens is 2. The highest BCUT2D eigenvalue weighted by Crippen LogP contribution is 2.20. The van der Waals surface area contributed by atoms with Crippen LogP contribution in [0.2, 0.25) is 0 Å². The van der Waals surface area contributed by atoms with Gasteiger partial charge in [0.2, 0.25) is 0 Å². The van der Waals surface area contributed by atoms with Gasteiger partial charge in [-0.05, 0) is 13.3 Å². The molecule has 2 rings (SSSR count). The van der Waals surface area contributed by atoms with Crippen molar-refractivity contribution in [3.63, 3.8) is 0 Å². The summed E-state index contributed by atoms with van der Waals surface area (Å²) in [6.45, 7) is 4.86. The summed E-state index contributed by atoms with van der Waals surface area (Å²) in [5.41, 5.74) is 0. The van der Waals surface area contributed by atoms with Crippen LogP contribution in [0.15, 0.2) is 12.3 Å². The SMILES string of the molecule is CCCNc1nc(NCc2cnc(C)s2)c(F)cc1F. The molecule has 0 bridgehead atoms. The molecule has 0 saturated heterocycles. The quantitative estimate of drug-likeness (QED) is 0.856. The second-order valence-electron chi connectivity index (χ2n) is 4.28. The molecule has 0 aromatic carbocycles. The Kier molecular flexibility index (Phi) is 4.84. The van der Waals surface area contributed by atoms with Crippen LogP contribution in [0.3, 0.4) is 0 Å². The van der Waals surface area contributed by atoms with Crippen molar-refractivity contribution < 1.29 is 8.78 Å². The zero-order valence-corrected chi connectivity index (χ0v) is 12.2. The maximum absolute atomic E-state index is 13.7. The number of hydrogen-bond acceptors (Lipinski definition) is 5. The largest absolute Gasteiger partial charge is 0.368 e. The fourth-order valence-corrected chi connectivity index (χ4v) is 2.35. The number of nitrogens with zero attached hydrogens (tertiary/aromatic N) is 2. The minimum atomic E-state index is -0.703. The smallest absolute Gasteiger partial charge is 0.168 e. The van der Waals surface area contributed by atoms with Crippen LogP contribution in [0.5, 0.6) is 0 Å². The first-order valence-corrected chi connectivity index (χ1v) is 7.17. The normalized spacial score (nSPS) is 10.6. The predicted molar refractivity (Wildman–Crippen MR) is 77.1 cm³/mol. The van der Waals surface area contributed by atoms with Gasteiger partial charge in [-0.25, -0.2) is 18.7 Å². The van der Waals surface area contributed by atoms with Crippen LogP contribution in [0.1, 0.15) is 23.2 Å². The van der Waals surface area contributed by atoms with Gasteiger partial charge < -0.3 is 10.6 Å². The van der Waals surface area contributed by atoms with E-state index in [4.69, 9.17) is 0 Å². The van der Waals surface area contributed by atoms with Crippen LogP contribution in [-0.2, 0) is 6.54 Å². The van der Waals surface area contributed by atoms with E-state index in [0.29, 0.717) is 13.1 Å². The van der Waals surface area contributed by atoms with E-state index in [-0.39, 0.29) is 11.6 Å². The van der Waals surface area contributed by atoms with E-state index in [0.717, 1.165) is 22.4 Å². The molecule has 0 aliphatic rings.